The van der Waals surface area contributed by atoms with E-state index in [0.29, 0.717) is 17.2 Å². The highest BCUT2D eigenvalue weighted by molar-refractivity contribution is 5.81. The third kappa shape index (κ3) is 2.99. The van der Waals surface area contributed by atoms with Crippen molar-refractivity contribution in [2.45, 2.75) is 44.6 Å². The van der Waals surface area contributed by atoms with Crippen LogP contribution >= 0.6 is 0 Å². The first-order valence-corrected chi connectivity index (χ1v) is 8.94. The summed E-state index contributed by atoms with van der Waals surface area (Å²) in [6.45, 7) is 1.93. The monoisotopic (exact) mass is 354 g/mol. The highest BCUT2D eigenvalue weighted by atomic mass is 19.1. The van der Waals surface area contributed by atoms with Gasteiger partial charge in [0.1, 0.15) is 11.6 Å². The maximum absolute atomic E-state index is 14.4. The number of aryl methyl sites for hydroxylation is 1. The van der Waals surface area contributed by atoms with Gasteiger partial charge in [-0.25, -0.2) is 13.9 Å². The molecule has 1 aromatic carbocycles. The van der Waals surface area contributed by atoms with E-state index < -0.39 is 0 Å². The van der Waals surface area contributed by atoms with E-state index >= 15 is 0 Å². The van der Waals surface area contributed by atoms with Gasteiger partial charge in [0, 0.05) is 24.0 Å². The molecule has 5 N–H and O–H groups in total. The molecule has 2 aromatic heterocycles. The van der Waals surface area contributed by atoms with Crippen LogP contribution in [0.3, 0.4) is 0 Å². The van der Waals surface area contributed by atoms with E-state index in [0.717, 1.165) is 42.5 Å². The van der Waals surface area contributed by atoms with E-state index in [9.17, 15) is 4.39 Å². The number of nitrogens with one attached hydrogen (secondary N) is 1. The number of imidazole rings is 1. The van der Waals surface area contributed by atoms with Crippen LogP contribution in [0, 0.1) is 12.7 Å². The van der Waals surface area contributed by atoms with Gasteiger partial charge >= 0.3 is 0 Å². The van der Waals surface area contributed by atoms with Crippen molar-refractivity contribution in [2.24, 2.45) is 5.73 Å². The lowest BCUT2D eigenvalue weighted by Gasteiger charge is -2.28. The predicted octanol–water partition coefficient (Wildman–Crippen LogP) is 3.49. The summed E-state index contributed by atoms with van der Waals surface area (Å²) in [5.74, 6) is 0.373. The zero-order valence-corrected chi connectivity index (χ0v) is 14.7. The van der Waals surface area contributed by atoms with Crippen molar-refractivity contribution in [1.29, 1.82) is 0 Å². The second-order valence-corrected chi connectivity index (χ2v) is 7.09. The largest absolute Gasteiger partial charge is 0.382 e. The molecule has 26 heavy (non-hydrogen) atoms. The lowest BCUT2D eigenvalue weighted by molar-refractivity contribution is 0.396. The molecular formula is C19H23FN6. The van der Waals surface area contributed by atoms with E-state index in [2.05, 4.69) is 15.4 Å². The van der Waals surface area contributed by atoms with Crippen LogP contribution in [0.1, 0.15) is 42.7 Å². The van der Waals surface area contributed by atoms with Gasteiger partial charge in [-0.3, -0.25) is 0 Å². The van der Waals surface area contributed by atoms with Gasteiger partial charge in [0.15, 0.2) is 5.65 Å². The van der Waals surface area contributed by atoms with Gasteiger partial charge in [-0.1, -0.05) is 6.07 Å². The van der Waals surface area contributed by atoms with Crippen molar-refractivity contribution >= 4 is 22.8 Å². The molecule has 0 unspecified atom stereocenters. The molecule has 0 aliphatic heterocycles. The quantitative estimate of drug-likeness (QED) is 0.669. The zero-order valence-electron chi connectivity index (χ0n) is 14.7. The first-order valence-electron chi connectivity index (χ1n) is 8.94. The summed E-state index contributed by atoms with van der Waals surface area (Å²) < 4.78 is 16.0. The van der Waals surface area contributed by atoms with Gasteiger partial charge in [-0.05, 0) is 56.2 Å². The van der Waals surface area contributed by atoms with Gasteiger partial charge < -0.3 is 16.8 Å². The third-order valence-electron chi connectivity index (χ3n) is 5.17. The van der Waals surface area contributed by atoms with Crippen LogP contribution < -0.4 is 16.8 Å². The molecule has 3 aromatic rings. The summed E-state index contributed by atoms with van der Waals surface area (Å²) in [6, 6.07) is 5.23. The second-order valence-electron chi connectivity index (χ2n) is 7.09. The van der Waals surface area contributed by atoms with Crippen LogP contribution in [0.15, 0.2) is 30.6 Å². The van der Waals surface area contributed by atoms with E-state index in [-0.39, 0.29) is 17.8 Å². The van der Waals surface area contributed by atoms with E-state index in [4.69, 9.17) is 11.5 Å². The number of halogens is 1. The first kappa shape index (κ1) is 16.8. The number of hydrogen-bond acceptors (Lipinski definition) is 5. The van der Waals surface area contributed by atoms with Crippen LogP contribution in [0.4, 0.5) is 21.6 Å². The van der Waals surface area contributed by atoms with Crippen molar-refractivity contribution < 1.29 is 4.39 Å². The summed E-state index contributed by atoms with van der Waals surface area (Å²) in [7, 11) is 0. The molecule has 0 amide bonds. The summed E-state index contributed by atoms with van der Waals surface area (Å²) in [5.41, 5.74) is 16.0. The molecule has 1 saturated carbocycles. The minimum Gasteiger partial charge on any atom is -0.382 e. The van der Waals surface area contributed by atoms with Crippen molar-refractivity contribution in [3.63, 3.8) is 0 Å². The van der Waals surface area contributed by atoms with Crippen molar-refractivity contribution in [3.8, 4) is 0 Å². The van der Waals surface area contributed by atoms with Crippen molar-refractivity contribution in [3.05, 3.63) is 47.5 Å². The number of nitrogens with two attached hydrogens (primary N) is 2. The molecule has 7 heteroatoms. The van der Waals surface area contributed by atoms with Crippen LogP contribution in [-0.4, -0.2) is 20.6 Å². The minimum absolute atomic E-state index is 0.236. The molecule has 1 aliphatic carbocycles. The summed E-state index contributed by atoms with van der Waals surface area (Å²) >= 11 is 0. The lowest BCUT2D eigenvalue weighted by Crippen LogP contribution is -2.26. The first-order chi connectivity index (χ1) is 12.5. The number of nitrogen functional groups attached to an aromatic ring is 1. The van der Waals surface area contributed by atoms with Gasteiger partial charge in [-0.15, -0.1) is 5.10 Å². The molecule has 0 spiro atoms. The molecule has 1 aliphatic rings. The lowest BCUT2D eigenvalue weighted by atomic mass is 9.81. The number of anilines is 3. The van der Waals surface area contributed by atoms with Crippen molar-refractivity contribution in [1.82, 2.24) is 14.6 Å². The van der Waals surface area contributed by atoms with E-state index in [1.807, 2.05) is 6.92 Å². The molecule has 1 fully saturated rings. The Morgan fingerprint density at radius 3 is 2.77 bits per heavy atom. The summed E-state index contributed by atoms with van der Waals surface area (Å²) in [5, 5.41) is 7.69. The Bertz CT molecular complexity index is 943. The number of nitrogens with zero attached hydrogens (tertiary/aromatic N) is 3. The second kappa shape index (κ2) is 6.57. The highest BCUT2D eigenvalue weighted by Crippen LogP contribution is 2.41. The van der Waals surface area contributed by atoms with Crippen molar-refractivity contribution in [2.75, 3.05) is 11.1 Å². The molecule has 0 atom stereocenters. The fraction of sp³-hybridized carbons (Fsp3) is 0.368. The Kier molecular flexibility index (Phi) is 4.24. The number of benzene rings is 1. The molecule has 0 bridgehead atoms. The number of hydrogen-bond donors (Lipinski definition) is 3. The number of aromatic nitrogens is 3. The van der Waals surface area contributed by atoms with Gasteiger partial charge in [0.2, 0.25) is 0 Å². The summed E-state index contributed by atoms with van der Waals surface area (Å²) in [6.07, 6.45) is 7.18. The Labute approximate surface area is 151 Å². The van der Waals surface area contributed by atoms with Crippen LogP contribution in [0.2, 0.25) is 0 Å². The number of rotatable bonds is 3. The standard InChI is InChI=1S/C19H23FN6/c1-11-2-7-14(20)15(10-11)24-17-16(12-3-5-13(21)6-4-12)18(22)25-26-9-8-23-19(17)26/h2,7-10,12-13,24H,3-6,21H2,1H3,(H2,22,25)/t12-,13-. The van der Waals surface area contributed by atoms with E-state index in [1.54, 1.807) is 29.0 Å². The average Bonchev–Trinajstić information content (AvgIpc) is 3.07. The maximum atomic E-state index is 14.4. The third-order valence-corrected chi connectivity index (χ3v) is 5.17. The van der Waals surface area contributed by atoms with Crippen LogP contribution in [0.5, 0.6) is 0 Å². The molecule has 0 saturated heterocycles. The topological polar surface area (TPSA) is 94.3 Å². The average molecular weight is 354 g/mol. The Hall–Kier alpha value is -2.67. The Morgan fingerprint density at radius 2 is 2.00 bits per heavy atom. The molecule has 4 rings (SSSR count). The SMILES string of the molecule is Cc1ccc(F)c(Nc2c3nccn3nc(N)c2[C@H]2CC[C@H](N)CC2)c1. The van der Waals surface area contributed by atoms with E-state index in [1.165, 1.54) is 6.07 Å². The fourth-order valence-corrected chi connectivity index (χ4v) is 3.79. The summed E-state index contributed by atoms with van der Waals surface area (Å²) in [4.78, 5) is 4.41. The predicted molar refractivity (Wildman–Crippen MR) is 101 cm³/mol. The van der Waals surface area contributed by atoms with Gasteiger partial charge in [0.25, 0.3) is 0 Å². The minimum atomic E-state index is -0.313. The van der Waals surface area contributed by atoms with Crippen LogP contribution in [0.25, 0.3) is 5.65 Å². The zero-order chi connectivity index (χ0) is 18.3. The molecule has 0 radical (unpaired) electrons. The molecule has 6 nitrogen and oxygen atoms in total. The number of fused-ring (bicyclic) bond motifs is 1. The maximum Gasteiger partial charge on any atom is 0.177 e. The van der Waals surface area contributed by atoms with Crippen LogP contribution in [-0.2, 0) is 0 Å². The van der Waals surface area contributed by atoms with Gasteiger partial charge in [0.05, 0.1) is 11.4 Å². The molecule has 2 heterocycles. The van der Waals surface area contributed by atoms with Gasteiger partial charge in [-0.2, -0.15) is 0 Å². The fourth-order valence-electron chi connectivity index (χ4n) is 3.79. The Morgan fingerprint density at radius 1 is 1.23 bits per heavy atom. The highest BCUT2D eigenvalue weighted by Gasteiger charge is 2.27. The molecule has 136 valence electrons. The molecular weight excluding hydrogens is 331 g/mol. The Balaban J connectivity index is 1.84. The normalized spacial score (nSPS) is 20.4. The smallest absolute Gasteiger partial charge is 0.177 e.